The Balaban J connectivity index is 1.05. The molecule has 5 heteroatoms. The summed E-state index contributed by atoms with van der Waals surface area (Å²) in [6.07, 6.45) is 12.6. The van der Waals surface area contributed by atoms with Gasteiger partial charge in [0.25, 0.3) is 0 Å². The highest BCUT2D eigenvalue weighted by Gasteiger charge is 2.59. The zero-order chi connectivity index (χ0) is 22.0. The minimum Gasteiger partial charge on any atom is -0.340 e. The van der Waals surface area contributed by atoms with Crippen molar-refractivity contribution in [3.05, 3.63) is 53.6 Å². The number of piperidine rings is 1. The number of likely N-dealkylation sites (tertiary alicyclic amines) is 1. The van der Waals surface area contributed by atoms with Gasteiger partial charge in [0, 0.05) is 57.3 Å². The molecule has 170 valence electrons. The average Bonchev–Trinajstić information content (AvgIpc) is 3.26. The number of carbonyl (C=O) groups excluding carboxylic acids is 2. The number of nitrogens with zero attached hydrogens (tertiary/aromatic N) is 3. The quantitative estimate of drug-likeness (QED) is 0.713. The van der Waals surface area contributed by atoms with Gasteiger partial charge in [0.15, 0.2) is 0 Å². The van der Waals surface area contributed by atoms with Gasteiger partial charge < -0.3 is 9.80 Å². The van der Waals surface area contributed by atoms with Crippen LogP contribution in [0.15, 0.2) is 48.1 Å². The van der Waals surface area contributed by atoms with Crippen LogP contribution in [0.25, 0.3) is 6.08 Å². The van der Waals surface area contributed by atoms with Crippen LogP contribution in [0.1, 0.15) is 44.1 Å². The van der Waals surface area contributed by atoms with E-state index in [1.54, 1.807) is 0 Å². The summed E-state index contributed by atoms with van der Waals surface area (Å²) in [5.41, 5.74) is 2.42. The molecule has 0 aromatic heterocycles. The molecule has 1 atom stereocenters. The third kappa shape index (κ3) is 4.54. The second kappa shape index (κ2) is 9.22. The third-order valence-electron chi connectivity index (χ3n) is 8.01. The van der Waals surface area contributed by atoms with Gasteiger partial charge in [0.05, 0.1) is 0 Å². The first-order valence-corrected chi connectivity index (χ1v) is 12.4. The van der Waals surface area contributed by atoms with Crippen LogP contribution in [-0.2, 0) is 9.59 Å². The van der Waals surface area contributed by atoms with Crippen molar-refractivity contribution in [3.63, 3.8) is 0 Å². The van der Waals surface area contributed by atoms with E-state index >= 15 is 0 Å². The Bertz CT molecular complexity index is 891. The molecule has 2 heterocycles. The minimum atomic E-state index is 0.174. The van der Waals surface area contributed by atoms with Crippen LogP contribution in [0.3, 0.4) is 0 Å². The SMILES string of the molecule is O=C(C1=CCCC1)N1CCC2(CC1)CC2C(=O)N1CCN(CC=Cc2ccccc2)CC1. The molecule has 1 aromatic carbocycles. The maximum atomic E-state index is 13.2. The van der Waals surface area contributed by atoms with Gasteiger partial charge in [-0.1, -0.05) is 48.6 Å². The van der Waals surface area contributed by atoms with Crippen molar-refractivity contribution in [1.29, 1.82) is 0 Å². The molecule has 1 spiro atoms. The van der Waals surface area contributed by atoms with Crippen molar-refractivity contribution >= 4 is 17.9 Å². The molecule has 1 aromatic rings. The maximum absolute atomic E-state index is 13.2. The third-order valence-corrected chi connectivity index (χ3v) is 8.01. The van der Waals surface area contributed by atoms with Crippen molar-refractivity contribution in [2.24, 2.45) is 11.3 Å². The van der Waals surface area contributed by atoms with Crippen molar-refractivity contribution in [1.82, 2.24) is 14.7 Å². The van der Waals surface area contributed by atoms with E-state index in [1.165, 1.54) is 5.56 Å². The van der Waals surface area contributed by atoms with Gasteiger partial charge in [-0.3, -0.25) is 14.5 Å². The van der Waals surface area contributed by atoms with Crippen LogP contribution < -0.4 is 0 Å². The van der Waals surface area contributed by atoms with Crippen molar-refractivity contribution in [3.8, 4) is 0 Å². The number of amides is 2. The molecule has 4 aliphatic rings. The molecule has 0 bridgehead atoms. The van der Waals surface area contributed by atoms with Gasteiger partial charge >= 0.3 is 0 Å². The van der Waals surface area contributed by atoms with E-state index in [2.05, 4.69) is 52.3 Å². The highest BCUT2D eigenvalue weighted by molar-refractivity contribution is 5.94. The molecule has 3 fully saturated rings. The van der Waals surface area contributed by atoms with Gasteiger partial charge in [-0.05, 0) is 49.5 Å². The summed E-state index contributed by atoms with van der Waals surface area (Å²) in [4.78, 5) is 32.4. The van der Waals surface area contributed by atoms with Gasteiger partial charge in [0.1, 0.15) is 0 Å². The van der Waals surface area contributed by atoms with Gasteiger partial charge in [-0.25, -0.2) is 0 Å². The van der Waals surface area contributed by atoms with Crippen molar-refractivity contribution < 1.29 is 9.59 Å². The van der Waals surface area contributed by atoms with E-state index in [-0.39, 0.29) is 17.2 Å². The Hall–Kier alpha value is -2.40. The molecule has 1 unspecified atom stereocenters. The van der Waals surface area contributed by atoms with Gasteiger partial charge in [0.2, 0.25) is 11.8 Å². The number of benzene rings is 1. The van der Waals surface area contributed by atoms with Gasteiger partial charge in [-0.15, -0.1) is 0 Å². The van der Waals surface area contributed by atoms with E-state index in [4.69, 9.17) is 0 Å². The number of hydrogen-bond donors (Lipinski definition) is 0. The Morgan fingerprint density at radius 2 is 1.72 bits per heavy atom. The summed E-state index contributed by atoms with van der Waals surface area (Å²) < 4.78 is 0. The minimum absolute atomic E-state index is 0.174. The van der Waals surface area contributed by atoms with Crippen LogP contribution in [0.4, 0.5) is 0 Å². The fourth-order valence-electron chi connectivity index (χ4n) is 5.75. The summed E-state index contributed by atoms with van der Waals surface area (Å²) in [5, 5.41) is 0. The Kier molecular flexibility index (Phi) is 6.18. The predicted octanol–water partition coefficient (Wildman–Crippen LogP) is 3.58. The molecule has 1 saturated carbocycles. The number of hydrogen-bond acceptors (Lipinski definition) is 3. The summed E-state index contributed by atoms with van der Waals surface area (Å²) in [6, 6.07) is 10.4. The summed E-state index contributed by atoms with van der Waals surface area (Å²) in [6.45, 7) is 6.14. The number of carbonyl (C=O) groups is 2. The molecule has 2 aliphatic heterocycles. The molecule has 0 N–H and O–H groups in total. The lowest BCUT2D eigenvalue weighted by molar-refractivity contribution is -0.135. The van der Waals surface area contributed by atoms with E-state index in [1.807, 2.05) is 11.0 Å². The van der Waals surface area contributed by atoms with Crippen molar-refractivity contribution in [2.45, 2.75) is 38.5 Å². The van der Waals surface area contributed by atoms with E-state index in [0.29, 0.717) is 5.91 Å². The number of piperazine rings is 1. The molecule has 2 saturated heterocycles. The highest BCUT2D eigenvalue weighted by atomic mass is 16.2. The van der Waals surface area contributed by atoms with Crippen LogP contribution in [-0.4, -0.2) is 72.3 Å². The lowest BCUT2D eigenvalue weighted by Gasteiger charge is -2.36. The van der Waals surface area contributed by atoms with Crippen LogP contribution >= 0.6 is 0 Å². The molecule has 2 amide bonds. The van der Waals surface area contributed by atoms with E-state index in [9.17, 15) is 9.59 Å². The smallest absolute Gasteiger partial charge is 0.249 e. The lowest BCUT2D eigenvalue weighted by Crippen LogP contribution is -2.49. The van der Waals surface area contributed by atoms with Crippen molar-refractivity contribution in [2.75, 3.05) is 45.8 Å². The fraction of sp³-hybridized carbons (Fsp3) is 0.556. The van der Waals surface area contributed by atoms with E-state index in [0.717, 1.165) is 89.9 Å². The second-order valence-corrected chi connectivity index (χ2v) is 9.97. The largest absolute Gasteiger partial charge is 0.340 e. The zero-order valence-corrected chi connectivity index (χ0v) is 19.0. The van der Waals surface area contributed by atoms with E-state index < -0.39 is 0 Å². The molecular formula is C27H35N3O2. The second-order valence-electron chi connectivity index (χ2n) is 9.97. The first kappa shape index (κ1) is 21.4. The summed E-state index contributed by atoms with van der Waals surface area (Å²) >= 11 is 0. The zero-order valence-electron chi connectivity index (χ0n) is 19.0. The molecule has 5 rings (SSSR count). The van der Waals surface area contributed by atoms with Gasteiger partial charge in [-0.2, -0.15) is 0 Å². The number of allylic oxidation sites excluding steroid dienone is 1. The summed E-state index contributed by atoms with van der Waals surface area (Å²) in [5.74, 6) is 0.802. The lowest BCUT2D eigenvalue weighted by atomic mass is 9.90. The maximum Gasteiger partial charge on any atom is 0.249 e. The standard InChI is InChI=1S/C27H35N3O2/c31-25(23-10-4-5-11-23)29-15-12-27(13-16-29)21-24(27)26(32)30-19-17-28(18-20-30)14-6-9-22-7-2-1-3-8-22/h1-3,6-10,24H,4-5,11-21H2. The van der Waals surface area contributed by atoms with Crippen LogP contribution in [0.2, 0.25) is 0 Å². The monoisotopic (exact) mass is 433 g/mol. The first-order chi connectivity index (χ1) is 15.6. The Labute approximate surface area is 191 Å². The fourth-order valence-corrected chi connectivity index (χ4v) is 5.75. The molecule has 5 nitrogen and oxygen atoms in total. The molecule has 2 aliphatic carbocycles. The summed E-state index contributed by atoms with van der Waals surface area (Å²) in [7, 11) is 0. The highest BCUT2D eigenvalue weighted by Crippen LogP contribution is 2.60. The molecule has 32 heavy (non-hydrogen) atoms. The Morgan fingerprint density at radius 3 is 2.41 bits per heavy atom. The van der Waals surface area contributed by atoms with Crippen LogP contribution in [0.5, 0.6) is 0 Å². The normalized spacial score (nSPS) is 25.4. The topological polar surface area (TPSA) is 43.9 Å². The Morgan fingerprint density at radius 1 is 0.969 bits per heavy atom. The average molecular weight is 434 g/mol. The molecular weight excluding hydrogens is 398 g/mol. The van der Waals surface area contributed by atoms with Crippen LogP contribution in [0, 0.1) is 11.3 Å². The molecule has 0 radical (unpaired) electrons. The number of rotatable bonds is 5. The predicted molar refractivity (Wildman–Crippen MR) is 127 cm³/mol. The first-order valence-electron chi connectivity index (χ1n) is 12.4.